The molecule has 1 saturated carbocycles. The van der Waals surface area contributed by atoms with Crippen LogP contribution < -0.4 is 9.80 Å². The molecule has 0 radical (unpaired) electrons. The number of halogens is 4. The van der Waals surface area contributed by atoms with E-state index in [9.17, 15) is 27.2 Å². The molecule has 0 atom stereocenters. The van der Waals surface area contributed by atoms with E-state index in [2.05, 4.69) is 0 Å². The summed E-state index contributed by atoms with van der Waals surface area (Å²) in [6, 6.07) is 8.37. The predicted molar refractivity (Wildman–Crippen MR) is 128 cm³/mol. The second-order valence-corrected chi connectivity index (χ2v) is 8.42. The molecule has 1 aliphatic carbocycles. The van der Waals surface area contributed by atoms with Crippen LogP contribution in [0.2, 0.25) is 0 Å². The molecule has 0 unspecified atom stereocenters. The number of thiocarbonyl (C=S) groups is 1. The molecule has 0 N–H and O–H groups in total. The van der Waals surface area contributed by atoms with E-state index in [-0.39, 0.29) is 22.1 Å². The van der Waals surface area contributed by atoms with Crippen LogP contribution in [0.4, 0.5) is 28.9 Å². The molecule has 4 rings (SSSR count). The Labute approximate surface area is 205 Å². The van der Waals surface area contributed by atoms with Crippen LogP contribution in [0.3, 0.4) is 0 Å². The van der Waals surface area contributed by atoms with Crippen molar-refractivity contribution in [3.05, 3.63) is 58.9 Å². The fourth-order valence-corrected chi connectivity index (χ4v) is 5.06. The molecule has 1 amide bonds. The number of amides is 1. The SMILES string of the molecule is CC.CC(=O)c1ccc(N2C(=S)N(c3ccc(C#N)c(C(F)(F)F)c3)C(=O)C23CCCC3)cc1F. The van der Waals surface area contributed by atoms with Gasteiger partial charge in [0.1, 0.15) is 11.4 Å². The fourth-order valence-electron chi connectivity index (χ4n) is 4.59. The number of nitriles is 1. The Bertz CT molecular complexity index is 1230. The van der Waals surface area contributed by atoms with Gasteiger partial charge in [0.05, 0.1) is 28.4 Å². The van der Waals surface area contributed by atoms with E-state index in [1.807, 2.05) is 13.8 Å². The lowest BCUT2D eigenvalue weighted by molar-refractivity contribution is -0.137. The predicted octanol–water partition coefficient (Wildman–Crippen LogP) is 6.40. The van der Waals surface area contributed by atoms with Gasteiger partial charge in [-0.1, -0.05) is 26.7 Å². The highest BCUT2D eigenvalue weighted by Gasteiger charge is 2.57. The van der Waals surface area contributed by atoms with Crippen molar-refractivity contribution in [2.45, 2.75) is 58.2 Å². The molecular formula is C25H23F4N3O2S. The van der Waals surface area contributed by atoms with E-state index in [0.717, 1.165) is 23.1 Å². The second kappa shape index (κ2) is 9.74. The normalized spacial score (nSPS) is 16.9. The van der Waals surface area contributed by atoms with E-state index in [1.165, 1.54) is 36.1 Å². The van der Waals surface area contributed by atoms with Gasteiger partial charge < -0.3 is 4.90 Å². The second-order valence-electron chi connectivity index (χ2n) is 8.06. The maximum atomic E-state index is 14.6. The Morgan fingerprint density at radius 2 is 1.69 bits per heavy atom. The number of carbonyl (C=O) groups excluding carboxylic acids is 2. The highest BCUT2D eigenvalue weighted by Crippen LogP contribution is 2.46. The van der Waals surface area contributed by atoms with Gasteiger partial charge in [0.2, 0.25) is 0 Å². The first-order chi connectivity index (χ1) is 16.5. The van der Waals surface area contributed by atoms with Crippen molar-refractivity contribution in [3.63, 3.8) is 0 Å². The smallest absolute Gasteiger partial charge is 0.303 e. The summed E-state index contributed by atoms with van der Waals surface area (Å²) in [5.74, 6) is -1.74. The molecule has 1 spiro atoms. The van der Waals surface area contributed by atoms with Crippen LogP contribution in [0.1, 0.15) is 67.9 Å². The summed E-state index contributed by atoms with van der Waals surface area (Å²) in [4.78, 5) is 27.7. The average molecular weight is 506 g/mol. The van der Waals surface area contributed by atoms with Gasteiger partial charge >= 0.3 is 6.18 Å². The summed E-state index contributed by atoms with van der Waals surface area (Å²) in [5, 5.41) is 8.98. The number of anilines is 2. The third kappa shape index (κ3) is 4.41. The lowest BCUT2D eigenvalue weighted by Gasteiger charge is -2.32. The van der Waals surface area contributed by atoms with Crippen LogP contribution in [0.5, 0.6) is 0 Å². The van der Waals surface area contributed by atoms with E-state index in [4.69, 9.17) is 17.5 Å². The Balaban J connectivity index is 0.00000167. The van der Waals surface area contributed by atoms with E-state index in [1.54, 1.807) is 0 Å². The number of carbonyl (C=O) groups is 2. The topological polar surface area (TPSA) is 64.4 Å². The number of hydrogen-bond acceptors (Lipinski definition) is 4. The van der Waals surface area contributed by atoms with Gasteiger partial charge in [0, 0.05) is 5.69 Å². The van der Waals surface area contributed by atoms with Gasteiger partial charge in [-0.15, -0.1) is 0 Å². The molecule has 2 fully saturated rings. The van der Waals surface area contributed by atoms with Crippen LogP contribution >= 0.6 is 12.2 Å². The monoisotopic (exact) mass is 505 g/mol. The lowest BCUT2D eigenvalue weighted by atomic mass is 9.94. The minimum Gasteiger partial charge on any atom is -0.303 e. The summed E-state index contributed by atoms with van der Waals surface area (Å²) in [5.41, 5.74) is -2.90. The zero-order valence-electron chi connectivity index (χ0n) is 19.4. The number of Topliss-reactive ketones (excluding diaryl/α,β-unsaturated/α-hetero) is 1. The van der Waals surface area contributed by atoms with Crippen LogP contribution in [0.25, 0.3) is 0 Å². The molecule has 1 aliphatic heterocycles. The molecule has 0 bridgehead atoms. The van der Waals surface area contributed by atoms with Crippen LogP contribution in [0.15, 0.2) is 36.4 Å². The molecule has 2 aromatic rings. The summed E-state index contributed by atoms with van der Waals surface area (Å²) < 4.78 is 55.1. The Kier molecular flexibility index (Phi) is 7.31. The van der Waals surface area contributed by atoms with Gasteiger partial charge in [-0.2, -0.15) is 18.4 Å². The number of alkyl halides is 3. The summed E-state index contributed by atoms with van der Waals surface area (Å²) in [7, 11) is 0. The van der Waals surface area contributed by atoms with Crippen molar-refractivity contribution in [3.8, 4) is 6.07 Å². The quantitative estimate of drug-likeness (QED) is 0.275. The third-order valence-corrected chi connectivity index (χ3v) is 6.49. The van der Waals surface area contributed by atoms with Gasteiger partial charge in [-0.3, -0.25) is 14.5 Å². The molecule has 0 aromatic heterocycles. The van der Waals surface area contributed by atoms with Crippen LogP contribution in [0, 0.1) is 17.1 Å². The first-order valence-electron chi connectivity index (χ1n) is 11.1. The molecule has 5 nitrogen and oxygen atoms in total. The minimum atomic E-state index is -4.80. The van der Waals surface area contributed by atoms with Gasteiger partial charge in [-0.25, -0.2) is 4.39 Å². The molecule has 184 valence electrons. The third-order valence-electron chi connectivity index (χ3n) is 6.12. The average Bonchev–Trinajstić information content (AvgIpc) is 3.37. The highest BCUT2D eigenvalue weighted by atomic mass is 32.1. The number of hydrogen-bond donors (Lipinski definition) is 0. The van der Waals surface area contributed by atoms with E-state index < -0.39 is 40.3 Å². The summed E-state index contributed by atoms with van der Waals surface area (Å²) in [6.45, 7) is 5.23. The highest BCUT2D eigenvalue weighted by molar-refractivity contribution is 7.81. The van der Waals surface area contributed by atoms with E-state index >= 15 is 0 Å². The van der Waals surface area contributed by atoms with Crippen LogP contribution in [-0.2, 0) is 11.0 Å². The maximum Gasteiger partial charge on any atom is 0.417 e. The number of rotatable bonds is 3. The first kappa shape index (κ1) is 26.3. The van der Waals surface area contributed by atoms with Crippen molar-refractivity contribution >= 4 is 40.4 Å². The molecule has 2 aromatic carbocycles. The standard InChI is InChI=1S/C23H17F4N3O2S.C2H6/c1-13(31)17-7-6-16(11-19(17)24)30-21(33)29(20(32)22(30)8-2-3-9-22)15-5-4-14(12-28)18(10-15)23(25,26)27;1-2/h4-7,10-11H,2-3,8-9H2,1H3;1-2H3. The van der Waals surface area contributed by atoms with Gasteiger partial charge in [0.15, 0.2) is 10.9 Å². The Hall–Kier alpha value is -3.32. The Morgan fingerprint density at radius 3 is 2.20 bits per heavy atom. The molecule has 1 heterocycles. The maximum absolute atomic E-state index is 14.6. The first-order valence-corrected chi connectivity index (χ1v) is 11.5. The van der Waals surface area contributed by atoms with E-state index in [0.29, 0.717) is 25.7 Å². The van der Waals surface area contributed by atoms with Gasteiger partial charge in [-0.05, 0) is 68.4 Å². The molecule has 2 aliphatic rings. The van der Waals surface area contributed by atoms with Gasteiger partial charge in [0.25, 0.3) is 5.91 Å². The molecule has 35 heavy (non-hydrogen) atoms. The van der Waals surface area contributed by atoms with Crippen molar-refractivity contribution in [2.24, 2.45) is 0 Å². The van der Waals surface area contributed by atoms with Crippen LogP contribution in [-0.4, -0.2) is 22.3 Å². The minimum absolute atomic E-state index is 0.0882. The summed E-state index contributed by atoms with van der Waals surface area (Å²) >= 11 is 5.53. The molecule has 1 saturated heterocycles. The van der Waals surface area contributed by atoms with Crippen molar-refractivity contribution in [1.29, 1.82) is 5.26 Å². The zero-order chi connectivity index (χ0) is 26.1. The van der Waals surface area contributed by atoms with Crippen molar-refractivity contribution in [2.75, 3.05) is 9.80 Å². The lowest BCUT2D eigenvalue weighted by Crippen LogP contribution is -2.47. The largest absolute Gasteiger partial charge is 0.417 e. The molecule has 10 heteroatoms. The van der Waals surface area contributed by atoms with Crippen molar-refractivity contribution in [1.82, 2.24) is 0 Å². The zero-order valence-corrected chi connectivity index (χ0v) is 20.2. The van der Waals surface area contributed by atoms with Crippen molar-refractivity contribution < 1.29 is 27.2 Å². The molecular weight excluding hydrogens is 482 g/mol. The number of ketones is 1. The number of nitrogens with zero attached hydrogens (tertiary/aromatic N) is 3. The number of benzene rings is 2. The summed E-state index contributed by atoms with van der Waals surface area (Å²) in [6.07, 6.45) is -2.65. The Morgan fingerprint density at radius 1 is 1.09 bits per heavy atom. The fraction of sp³-hybridized carbons (Fsp3) is 0.360.